The van der Waals surface area contributed by atoms with E-state index in [1.54, 1.807) is 0 Å². The highest BCUT2D eigenvalue weighted by molar-refractivity contribution is 7.26. The van der Waals surface area contributed by atoms with Crippen molar-refractivity contribution in [2.45, 2.75) is 0 Å². The van der Waals surface area contributed by atoms with Crippen LogP contribution in [-0.4, -0.2) is 15.0 Å². The molecule has 0 aliphatic heterocycles. The largest absolute Gasteiger partial charge is 0.246 e. The lowest BCUT2D eigenvalue weighted by Gasteiger charge is -2.12. The zero-order valence-electron chi connectivity index (χ0n) is 31.1. The van der Waals surface area contributed by atoms with Crippen LogP contribution in [0.2, 0.25) is 0 Å². The summed E-state index contributed by atoms with van der Waals surface area (Å²) in [4.78, 5) is 15.7. The normalized spacial score (nSPS) is 11.8. The van der Waals surface area contributed by atoms with Gasteiger partial charge in [-0.2, -0.15) is 0 Å². The monoisotopic (exact) mass is 773 g/mol. The summed E-state index contributed by atoms with van der Waals surface area (Å²) < 4.78 is 5.10. The quantitative estimate of drug-likeness (QED) is 0.164. The second-order valence-corrected chi connectivity index (χ2v) is 16.8. The summed E-state index contributed by atoms with van der Waals surface area (Å²) in [5.41, 5.74) is 10.4. The van der Waals surface area contributed by atoms with Crippen LogP contribution in [0.25, 0.3) is 118 Å². The van der Waals surface area contributed by atoms with E-state index in [-0.39, 0.29) is 0 Å². The topological polar surface area (TPSA) is 38.7 Å². The molecule has 58 heavy (non-hydrogen) atoms. The Morgan fingerprint density at radius 3 is 1.69 bits per heavy atom. The van der Waals surface area contributed by atoms with Gasteiger partial charge in [0.05, 0.1) is 27.3 Å². The lowest BCUT2D eigenvalue weighted by molar-refractivity contribution is 1.18. The van der Waals surface area contributed by atoms with E-state index in [1.807, 2.05) is 40.9 Å². The molecule has 3 nitrogen and oxygen atoms in total. The Balaban J connectivity index is 0.969. The van der Waals surface area contributed by atoms with Gasteiger partial charge in [-0.3, -0.25) is 0 Å². The number of rotatable bonds is 5. The number of nitrogens with zero attached hydrogens (tertiary/aromatic N) is 3. The molecule has 270 valence electrons. The van der Waals surface area contributed by atoms with Crippen molar-refractivity contribution in [1.29, 1.82) is 0 Å². The Kier molecular flexibility index (Phi) is 7.58. The summed E-state index contributed by atoms with van der Waals surface area (Å²) in [5.74, 6) is 0.700. The third-order valence-corrected chi connectivity index (χ3v) is 13.7. The molecule has 0 radical (unpaired) electrons. The first kappa shape index (κ1) is 33.1. The maximum Gasteiger partial charge on any atom is 0.160 e. The molecule has 0 saturated heterocycles. The van der Waals surface area contributed by atoms with Gasteiger partial charge in [0.1, 0.15) is 0 Å². The van der Waals surface area contributed by atoms with Crippen LogP contribution in [0.5, 0.6) is 0 Å². The first-order chi connectivity index (χ1) is 28.7. The van der Waals surface area contributed by atoms with Crippen LogP contribution in [-0.2, 0) is 0 Å². The number of hydrogen-bond donors (Lipinski definition) is 0. The van der Waals surface area contributed by atoms with Crippen LogP contribution in [0.4, 0.5) is 0 Å². The van der Waals surface area contributed by atoms with Crippen molar-refractivity contribution in [2.24, 2.45) is 0 Å². The van der Waals surface area contributed by atoms with Crippen LogP contribution in [0.1, 0.15) is 0 Å². The molecular formula is C53H31N3S2. The molecule has 4 heterocycles. The number of pyridine rings is 1. The summed E-state index contributed by atoms with van der Waals surface area (Å²) in [7, 11) is 0. The summed E-state index contributed by atoms with van der Waals surface area (Å²) >= 11 is 3.68. The van der Waals surface area contributed by atoms with E-state index in [4.69, 9.17) is 15.0 Å². The van der Waals surface area contributed by atoms with Crippen molar-refractivity contribution in [3.8, 4) is 56.3 Å². The number of fused-ring (bicyclic) bond motifs is 10. The Bertz CT molecular complexity index is 3550. The summed E-state index contributed by atoms with van der Waals surface area (Å²) in [6.45, 7) is 0. The molecule has 0 atom stereocenters. The molecule has 0 saturated carbocycles. The van der Waals surface area contributed by atoms with E-state index >= 15 is 0 Å². The minimum atomic E-state index is 0.700. The average Bonchev–Trinajstić information content (AvgIpc) is 3.88. The fourth-order valence-corrected chi connectivity index (χ4v) is 10.9. The van der Waals surface area contributed by atoms with Crippen LogP contribution in [0.15, 0.2) is 188 Å². The van der Waals surface area contributed by atoms with Gasteiger partial charge in [0.25, 0.3) is 0 Å². The Labute approximate surface area is 342 Å². The zero-order chi connectivity index (χ0) is 38.2. The lowest BCUT2D eigenvalue weighted by atomic mass is 9.98. The van der Waals surface area contributed by atoms with E-state index in [9.17, 15) is 0 Å². The summed E-state index contributed by atoms with van der Waals surface area (Å²) in [6.07, 6.45) is 0. The molecule has 0 spiro atoms. The Hall–Kier alpha value is -7.05. The van der Waals surface area contributed by atoms with Crippen LogP contribution >= 0.6 is 22.7 Å². The first-order valence-corrected chi connectivity index (χ1v) is 21.1. The molecule has 8 aromatic carbocycles. The fourth-order valence-electron chi connectivity index (χ4n) is 8.47. The summed E-state index contributed by atoms with van der Waals surface area (Å²) in [5, 5.41) is 8.72. The maximum atomic E-state index is 5.45. The molecule has 0 N–H and O–H groups in total. The lowest BCUT2D eigenvalue weighted by Crippen LogP contribution is -1.96. The van der Waals surface area contributed by atoms with Crippen molar-refractivity contribution in [2.75, 3.05) is 0 Å². The predicted molar refractivity (Wildman–Crippen MR) is 248 cm³/mol. The van der Waals surface area contributed by atoms with E-state index in [2.05, 4.69) is 170 Å². The molecule has 0 aliphatic rings. The molecule has 0 bridgehead atoms. The number of benzene rings is 8. The van der Waals surface area contributed by atoms with Gasteiger partial charge in [0.15, 0.2) is 5.82 Å². The summed E-state index contributed by atoms with van der Waals surface area (Å²) in [6, 6.07) is 67.0. The molecule has 12 rings (SSSR count). The van der Waals surface area contributed by atoms with Crippen LogP contribution in [0, 0.1) is 0 Å². The van der Waals surface area contributed by atoms with Gasteiger partial charge < -0.3 is 0 Å². The average molecular weight is 774 g/mol. The highest BCUT2D eigenvalue weighted by atomic mass is 32.1. The molecule has 5 heteroatoms. The third kappa shape index (κ3) is 5.36. The highest BCUT2D eigenvalue weighted by Gasteiger charge is 2.18. The van der Waals surface area contributed by atoms with Gasteiger partial charge in [-0.1, -0.05) is 170 Å². The number of thiophene rings is 2. The van der Waals surface area contributed by atoms with Gasteiger partial charge in [-0.15, -0.1) is 22.7 Å². The predicted octanol–water partition coefficient (Wildman–Crippen LogP) is 15.2. The molecule has 0 aliphatic carbocycles. The maximum absolute atomic E-state index is 5.45. The van der Waals surface area contributed by atoms with Crippen LogP contribution in [0.3, 0.4) is 0 Å². The van der Waals surface area contributed by atoms with Crippen molar-refractivity contribution in [3.05, 3.63) is 188 Å². The van der Waals surface area contributed by atoms with E-state index in [0.717, 1.165) is 44.9 Å². The molecule has 12 aromatic rings. The van der Waals surface area contributed by atoms with Crippen molar-refractivity contribution >= 4 is 84.7 Å². The van der Waals surface area contributed by atoms with Crippen molar-refractivity contribution in [1.82, 2.24) is 15.0 Å². The first-order valence-electron chi connectivity index (χ1n) is 19.4. The Morgan fingerprint density at radius 2 is 0.931 bits per heavy atom. The molecule has 4 aromatic heterocycles. The van der Waals surface area contributed by atoms with Gasteiger partial charge in [-0.05, 0) is 34.7 Å². The van der Waals surface area contributed by atoms with E-state index in [0.29, 0.717) is 5.82 Å². The highest BCUT2D eigenvalue weighted by Crippen LogP contribution is 2.45. The second kappa shape index (κ2) is 13.3. The van der Waals surface area contributed by atoms with Gasteiger partial charge in [0, 0.05) is 68.7 Å². The van der Waals surface area contributed by atoms with Gasteiger partial charge in [-0.25, -0.2) is 15.0 Å². The molecule has 0 unspecified atom stereocenters. The van der Waals surface area contributed by atoms with Gasteiger partial charge in [0.2, 0.25) is 0 Å². The zero-order valence-corrected chi connectivity index (χ0v) is 32.7. The minimum absolute atomic E-state index is 0.700. The van der Waals surface area contributed by atoms with Gasteiger partial charge >= 0.3 is 0 Å². The molecule has 0 fully saturated rings. The minimum Gasteiger partial charge on any atom is -0.246 e. The molecular weight excluding hydrogens is 743 g/mol. The number of aromatic nitrogens is 3. The van der Waals surface area contributed by atoms with E-state index in [1.165, 1.54) is 67.6 Å². The smallest absolute Gasteiger partial charge is 0.160 e. The van der Waals surface area contributed by atoms with Crippen molar-refractivity contribution in [3.63, 3.8) is 0 Å². The Morgan fingerprint density at radius 1 is 0.345 bits per heavy atom. The van der Waals surface area contributed by atoms with E-state index < -0.39 is 0 Å². The second-order valence-electron chi connectivity index (χ2n) is 14.7. The molecule has 0 amide bonds. The van der Waals surface area contributed by atoms with Crippen LogP contribution < -0.4 is 0 Å². The number of hydrogen-bond acceptors (Lipinski definition) is 5. The third-order valence-electron chi connectivity index (χ3n) is 11.3. The fraction of sp³-hybridized carbons (Fsp3) is 0. The SMILES string of the molecule is c1ccc(-c2nc(-c3ccc(-c4cccc5c4sc4ccccc45)cc3)cc(-c3ccc(-c4nc5c6ccccc6ccc5c5c4sc4ccccc45)cc3)n2)cc1. The van der Waals surface area contributed by atoms with Crippen molar-refractivity contribution < 1.29 is 0 Å². The standard InChI is InChI=1S/C53H31N3S2/c1-2-12-37(13-3-1)53-54-44(34-23-21-33(22-24-34)39-17-10-18-41-40-15-6-8-19-46(40)57-51(39)41)31-45(55-53)35-25-27-36(28-26-35)49-52-48(42-16-7-9-20-47(42)58-52)43-30-29-32-11-4-5-14-38(32)50(43)56-49/h1-31H.